The number of carbonyl (C=O) groups excluding carboxylic acids is 1. The molecule has 1 unspecified atom stereocenters. The number of nitrogens with one attached hydrogen (secondary N) is 1. The van der Waals surface area contributed by atoms with Crippen LogP contribution in [0.25, 0.3) is 0 Å². The van der Waals surface area contributed by atoms with Crippen LogP contribution in [0.5, 0.6) is 0 Å². The maximum absolute atomic E-state index is 12.9. The van der Waals surface area contributed by atoms with Crippen LogP contribution >= 0.6 is 11.6 Å². The summed E-state index contributed by atoms with van der Waals surface area (Å²) in [6, 6.07) is 2.28. The van der Waals surface area contributed by atoms with Crippen molar-refractivity contribution in [1.82, 2.24) is 5.32 Å². The number of hydrogen-bond donors (Lipinski definition) is 2. The molecule has 0 radical (unpaired) electrons. The van der Waals surface area contributed by atoms with Crippen LogP contribution in [0.15, 0.2) is 18.2 Å². The average molecular weight is 350 g/mol. The van der Waals surface area contributed by atoms with Gasteiger partial charge in [0.2, 0.25) is 5.91 Å². The molecule has 2 N–H and O–H groups in total. The number of benzene rings is 1. The van der Waals surface area contributed by atoms with Gasteiger partial charge in [0, 0.05) is 11.1 Å². The van der Waals surface area contributed by atoms with Crippen LogP contribution in [0.4, 0.5) is 13.2 Å². The zero-order valence-electron chi connectivity index (χ0n) is 12.2. The van der Waals surface area contributed by atoms with Crippen LogP contribution in [0.2, 0.25) is 5.02 Å². The Kier molecular flexibility index (Phi) is 4.61. The normalized spacial score (nSPS) is 17.4. The fraction of sp³-hybridized carbons (Fsp3) is 0.467. The number of carboxylic acid groups (broad SMARTS) is 1. The van der Waals surface area contributed by atoms with Crippen molar-refractivity contribution in [3.63, 3.8) is 0 Å². The Bertz CT molecular complexity index is 641. The number of halogens is 4. The first-order chi connectivity index (χ1) is 10.6. The first kappa shape index (κ1) is 17.6. The Morgan fingerprint density at radius 1 is 1.39 bits per heavy atom. The van der Waals surface area contributed by atoms with Gasteiger partial charge in [0.25, 0.3) is 0 Å². The van der Waals surface area contributed by atoms with Crippen LogP contribution in [0, 0.1) is 0 Å². The summed E-state index contributed by atoms with van der Waals surface area (Å²) >= 11 is 5.99. The molecule has 1 aromatic carbocycles. The van der Waals surface area contributed by atoms with Crippen LogP contribution in [-0.2, 0) is 21.2 Å². The van der Waals surface area contributed by atoms with E-state index in [1.165, 1.54) is 6.92 Å². The fourth-order valence-corrected chi connectivity index (χ4v) is 2.79. The topological polar surface area (TPSA) is 66.4 Å². The zero-order chi connectivity index (χ0) is 17.4. The molecule has 1 atom stereocenters. The highest BCUT2D eigenvalue weighted by atomic mass is 35.5. The number of alkyl halides is 3. The van der Waals surface area contributed by atoms with E-state index in [1.807, 2.05) is 0 Å². The van der Waals surface area contributed by atoms with Gasteiger partial charge in [-0.25, -0.2) is 0 Å². The predicted molar refractivity (Wildman–Crippen MR) is 77.2 cm³/mol. The summed E-state index contributed by atoms with van der Waals surface area (Å²) in [6.45, 7) is 1.52. The Hall–Kier alpha value is -1.76. The van der Waals surface area contributed by atoms with E-state index in [-0.39, 0.29) is 17.0 Å². The molecule has 0 aromatic heterocycles. The summed E-state index contributed by atoms with van der Waals surface area (Å²) in [4.78, 5) is 23.0. The van der Waals surface area contributed by atoms with Crippen molar-refractivity contribution >= 4 is 23.5 Å². The molecule has 1 saturated carbocycles. The van der Waals surface area contributed by atoms with E-state index >= 15 is 0 Å². The third-order valence-corrected chi connectivity index (χ3v) is 4.18. The van der Waals surface area contributed by atoms with Gasteiger partial charge in [0.05, 0.1) is 17.4 Å². The average Bonchev–Trinajstić information content (AvgIpc) is 3.18. The second-order valence-electron chi connectivity index (χ2n) is 5.75. The quantitative estimate of drug-likeness (QED) is 0.856. The smallest absolute Gasteiger partial charge is 0.416 e. The van der Waals surface area contributed by atoms with E-state index in [2.05, 4.69) is 5.32 Å². The molecule has 1 aliphatic carbocycles. The van der Waals surface area contributed by atoms with Gasteiger partial charge in [-0.3, -0.25) is 9.59 Å². The molecule has 1 fully saturated rings. The second-order valence-corrected chi connectivity index (χ2v) is 6.15. The molecular formula is C15H15ClF3NO3. The molecule has 0 bridgehead atoms. The second kappa shape index (κ2) is 6.03. The van der Waals surface area contributed by atoms with Gasteiger partial charge in [0.15, 0.2) is 0 Å². The van der Waals surface area contributed by atoms with E-state index in [0.29, 0.717) is 12.8 Å². The molecule has 1 amide bonds. The highest BCUT2D eigenvalue weighted by Gasteiger charge is 2.53. The Morgan fingerprint density at radius 3 is 2.48 bits per heavy atom. The van der Waals surface area contributed by atoms with Gasteiger partial charge in [-0.1, -0.05) is 11.6 Å². The van der Waals surface area contributed by atoms with Crippen LogP contribution in [-0.4, -0.2) is 23.0 Å². The Labute approximate surface area is 135 Å². The Balaban J connectivity index is 2.26. The predicted octanol–water partition coefficient (Wildman–Crippen LogP) is 3.37. The number of rotatable bonds is 5. The first-order valence-electron chi connectivity index (χ1n) is 6.96. The summed E-state index contributed by atoms with van der Waals surface area (Å²) in [6.07, 6.45) is -4.04. The van der Waals surface area contributed by atoms with Gasteiger partial charge in [-0.2, -0.15) is 13.2 Å². The lowest BCUT2D eigenvalue weighted by molar-refractivity contribution is -0.139. The molecule has 0 saturated heterocycles. The number of amides is 1. The highest BCUT2D eigenvalue weighted by molar-refractivity contribution is 6.32. The van der Waals surface area contributed by atoms with Crippen LogP contribution in [0.1, 0.15) is 37.3 Å². The van der Waals surface area contributed by atoms with Crippen molar-refractivity contribution in [2.45, 2.75) is 43.8 Å². The Morgan fingerprint density at radius 2 is 2.00 bits per heavy atom. The fourth-order valence-electron chi connectivity index (χ4n) is 2.49. The molecule has 2 rings (SSSR count). The summed E-state index contributed by atoms with van der Waals surface area (Å²) in [7, 11) is 0. The van der Waals surface area contributed by atoms with E-state index in [9.17, 15) is 22.8 Å². The highest BCUT2D eigenvalue weighted by Crippen LogP contribution is 2.51. The monoisotopic (exact) mass is 349 g/mol. The minimum Gasteiger partial charge on any atom is -0.481 e. The van der Waals surface area contributed by atoms with Crippen molar-refractivity contribution in [3.05, 3.63) is 34.3 Å². The molecule has 1 aliphatic rings. The summed E-state index contributed by atoms with van der Waals surface area (Å²) in [5.74, 6) is -1.56. The standard InChI is InChI=1S/C15H15ClF3NO3/c1-8(6-12(21)22)20-13(23)14(4-5-14)10-7-9(15(17,18)19)2-3-11(10)16/h2-3,7-8H,4-6H2,1H3,(H,20,23)(H,21,22). The molecule has 4 nitrogen and oxygen atoms in total. The van der Waals surface area contributed by atoms with Gasteiger partial charge in [0.1, 0.15) is 0 Å². The lowest BCUT2D eigenvalue weighted by Crippen LogP contribution is -2.41. The van der Waals surface area contributed by atoms with Gasteiger partial charge >= 0.3 is 12.1 Å². The van der Waals surface area contributed by atoms with Gasteiger partial charge in [-0.15, -0.1) is 0 Å². The number of aliphatic carboxylic acids is 1. The molecule has 126 valence electrons. The number of carbonyl (C=O) groups is 2. The molecule has 1 aromatic rings. The summed E-state index contributed by atoms with van der Waals surface area (Å²) in [5, 5.41) is 11.3. The maximum Gasteiger partial charge on any atom is 0.416 e. The first-order valence-corrected chi connectivity index (χ1v) is 7.34. The molecule has 23 heavy (non-hydrogen) atoms. The third kappa shape index (κ3) is 3.77. The summed E-state index contributed by atoms with van der Waals surface area (Å²) in [5.41, 5.74) is -1.84. The largest absolute Gasteiger partial charge is 0.481 e. The number of carboxylic acids is 1. The minimum absolute atomic E-state index is 0.0940. The SMILES string of the molecule is CC(CC(=O)O)NC(=O)C1(c2cc(C(F)(F)F)ccc2Cl)CC1. The van der Waals surface area contributed by atoms with Gasteiger partial charge < -0.3 is 10.4 Å². The minimum atomic E-state index is -4.53. The zero-order valence-corrected chi connectivity index (χ0v) is 13.0. The lowest BCUT2D eigenvalue weighted by Gasteiger charge is -2.21. The van der Waals surface area contributed by atoms with Crippen molar-refractivity contribution < 1.29 is 27.9 Å². The molecule has 8 heteroatoms. The van der Waals surface area contributed by atoms with Crippen LogP contribution < -0.4 is 5.32 Å². The van der Waals surface area contributed by atoms with E-state index < -0.39 is 35.1 Å². The van der Waals surface area contributed by atoms with Crippen molar-refractivity contribution in [2.24, 2.45) is 0 Å². The van der Waals surface area contributed by atoms with Crippen LogP contribution in [0.3, 0.4) is 0 Å². The maximum atomic E-state index is 12.9. The van der Waals surface area contributed by atoms with Crippen molar-refractivity contribution in [3.8, 4) is 0 Å². The van der Waals surface area contributed by atoms with Crippen molar-refractivity contribution in [2.75, 3.05) is 0 Å². The third-order valence-electron chi connectivity index (χ3n) is 3.85. The van der Waals surface area contributed by atoms with Gasteiger partial charge in [-0.05, 0) is 43.5 Å². The number of hydrogen-bond acceptors (Lipinski definition) is 2. The lowest BCUT2D eigenvalue weighted by atomic mass is 9.92. The van der Waals surface area contributed by atoms with E-state index in [1.54, 1.807) is 0 Å². The molecule has 0 aliphatic heterocycles. The molecular weight excluding hydrogens is 335 g/mol. The van der Waals surface area contributed by atoms with E-state index in [0.717, 1.165) is 18.2 Å². The molecule has 0 spiro atoms. The molecule has 0 heterocycles. The summed E-state index contributed by atoms with van der Waals surface area (Å²) < 4.78 is 38.6. The van der Waals surface area contributed by atoms with Crippen molar-refractivity contribution in [1.29, 1.82) is 0 Å². The van der Waals surface area contributed by atoms with E-state index in [4.69, 9.17) is 16.7 Å².